The molecule has 1 atom stereocenters. The second-order valence-corrected chi connectivity index (χ2v) is 6.07. The van der Waals surface area contributed by atoms with Crippen molar-refractivity contribution in [3.05, 3.63) is 29.3 Å². The van der Waals surface area contributed by atoms with E-state index < -0.39 is 30.4 Å². The SMILES string of the molecule is CN1CCN(C(=O)c2ccc(NCC(O)CO)cc2C(F)(F)F)CC1. The summed E-state index contributed by atoms with van der Waals surface area (Å²) in [5.41, 5.74) is -1.28. The minimum Gasteiger partial charge on any atom is -0.394 e. The molecule has 140 valence electrons. The molecule has 1 amide bonds. The van der Waals surface area contributed by atoms with Crippen molar-refractivity contribution in [1.82, 2.24) is 9.80 Å². The Kier molecular flexibility index (Phi) is 6.26. The largest absolute Gasteiger partial charge is 0.417 e. The molecule has 1 heterocycles. The van der Waals surface area contributed by atoms with E-state index >= 15 is 0 Å². The predicted octanol–water partition coefficient (Wildman–Crippen LogP) is 0.858. The van der Waals surface area contributed by atoms with E-state index in [1.165, 1.54) is 11.0 Å². The number of hydrogen-bond donors (Lipinski definition) is 3. The zero-order chi connectivity index (χ0) is 18.6. The summed E-state index contributed by atoms with van der Waals surface area (Å²) in [6.07, 6.45) is -5.76. The van der Waals surface area contributed by atoms with Crippen LogP contribution in [0.15, 0.2) is 18.2 Å². The first-order chi connectivity index (χ1) is 11.7. The molecule has 1 aromatic rings. The number of likely N-dealkylation sites (N-methyl/N-ethyl adjacent to an activating group) is 1. The molecule has 0 spiro atoms. The fourth-order valence-electron chi connectivity index (χ4n) is 2.56. The first-order valence-corrected chi connectivity index (χ1v) is 7.94. The molecule has 1 aliphatic rings. The topological polar surface area (TPSA) is 76.0 Å². The normalized spacial score (nSPS) is 17.4. The molecule has 6 nitrogen and oxygen atoms in total. The second-order valence-electron chi connectivity index (χ2n) is 6.07. The van der Waals surface area contributed by atoms with E-state index in [-0.39, 0.29) is 17.8 Å². The van der Waals surface area contributed by atoms with Crippen LogP contribution in [0.1, 0.15) is 15.9 Å². The number of nitrogens with zero attached hydrogens (tertiary/aromatic N) is 2. The van der Waals surface area contributed by atoms with Gasteiger partial charge in [0.05, 0.1) is 23.8 Å². The Morgan fingerprint density at radius 2 is 1.92 bits per heavy atom. The smallest absolute Gasteiger partial charge is 0.394 e. The van der Waals surface area contributed by atoms with Gasteiger partial charge in [-0.05, 0) is 25.2 Å². The standard InChI is InChI=1S/C16H22F3N3O3/c1-21-4-6-22(7-5-21)15(25)13-3-2-11(20-9-12(24)10-23)8-14(13)16(17,18)19/h2-3,8,12,20,23-24H,4-7,9-10H2,1H3. The van der Waals surface area contributed by atoms with Crippen molar-refractivity contribution in [2.45, 2.75) is 12.3 Å². The van der Waals surface area contributed by atoms with Crippen molar-refractivity contribution in [1.29, 1.82) is 0 Å². The zero-order valence-corrected chi connectivity index (χ0v) is 13.9. The van der Waals surface area contributed by atoms with E-state index in [0.717, 1.165) is 12.1 Å². The maximum Gasteiger partial charge on any atom is 0.417 e. The molecule has 9 heteroatoms. The van der Waals surface area contributed by atoms with Gasteiger partial charge in [0.15, 0.2) is 0 Å². The van der Waals surface area contributed by atoms with E-state index in [1.807, 2.05) is 11.9 Å². The highest BCUT2D eigenvalue weighted by molar-refractivity contribution is 5.96. The minimum absolute atomic E-state index is 0.0977. The summed E-state index contributed by atoms with van der Waals surface area (Å²) >= 11 is 0. The highest BCUT2D eigenvalue weighted by Gasteiger charge is 2.37. The summed E-state index contributed by atoms with van der Waals surface area (Å²) < 4.78 is 40.2. The number of piperazine rings is 1. The average molecular weight is 361 g/mol. The van der Waals surface area contributed by atoms with Gasteiger partial charge < -0.3 is 25.3 Å². The number of carbonyl (C=O) groups excluding carboxylic acids is 1. The third kappa shape index (κ3) is 5.07. The van der Waals surface area contributed by atoms with Crippen molar-refractivity contribution in [2.75, 3.05) is 51.7 Å². The van der Waals surface area contributed by atoms with Crippen molar-refractivity contribution in [3.8, 4) is 0 Å². The van der Waals surface area contributed by atoms with E-state index in [4.69, 9.17) is 5.11 Å². The summed E-state index contributed by atoms with van der Waals surface area (Å²) in [6.45, 7) is 1.40. The molecule has 1 aliphatic heterocycles. The van der Waals surface area contributed by atoms with E-state index in [1.54, 1.807) is 0 Å². The predicted molar refractivity (Wildman–Crippen MR) is 86.4 cm³/mol. The fourth-order valence-corrected chi connectivity index (χ4v) is 2.56. The van der Waals surface area contributed by atoms with Crippen LogP contribution < -0.4 is 5.32 Å². The van der Waals surface area contributed by atoms with Crippen LogP contribution >= 0.6 is 0 Å². The van der Waals surface area contributed by atoms with Gasteiger partial charge in [-0.1, -0.05) is 0 Å². The fraction of sp³-hybridized carbons (Fsp3) is 0.562. The van der Waals surface area contributed by atoms with Gasteiger partial charge in [-0.15, -0.1) is 0 Å². The maximum absolute atomic E-state index is 13.4. The molecule has 1 aromatic carbocycles. The quantitative estimate of drug-likeness (QED) is 0.725. The van der Waals surface area contributed by atoms with Crippen LogP contribution in [0.4, 0.5) is 18.9 Å². The number of benzene rings is 1. The third-order valence-corrected chi connectivity index (χ3v) is 4.10. The van der Waals surface area contributed by atoms with Crippen LogP contribution in [0.2, 0.25) is 0 Å². The van der Waals surface area contributed by atoms with E-state index in [2.05, 4.69) is 5.32 Å². The lowest BCUT2D eigenvalue weighted by Crippen LogP contribution is -2.47. The van der Waals surface area contributed by atoms with Crippen LogP contribution in [0.5, 0.6) is 0 Å². The summed E-state index contributed by atoms with van der Waals surface area (Å²) in [5.74, 6) is -0.637. The molecule has 0 radical (unpaired) electrons. The van der Waals surface area contributed by atoms with Crippen molar-refractivity contribution < 1.29 is 28.2 Å². The Bertz CT molecular complexity index is 602. The van der Waals surface area contributed by atoms with Crippen molar-refractivity contribution >= 4 is 11.6 Å². The van der Waals surface area contributed by atoms with Crippen LogP contribution in [0.3, 0.4) is 0 Å². The molecule has 1 fully saturated rings. The number of nitrogens with one attached hydrogen (secondary N) is 1. The average Bonchev–Trinajstić information content (AvgIpc) is 2.58. The van der Waals surface area contributed by atoms with Gasteiger partial charge in [0.25, 0.3) is 5.91 Å². The zero-order valence-electron chi connectivity index (χ0n) is 13.9. The lowest BCUT2D eigenvalue weighted by molar-refractivity contribution is -0.138. The molecule has 0 aromatic heterocycles. The van der Waals surface area contributed by atoms with Gasteiger partial charge in [-0.3, -0.25) is 4.79 Å². The Morgan fingerprint density at radius 3 is 2.48 bits per heavy atom. The highest BCUT2D eigenvalue weighted by Crippen LogP contribution is 2.34. The highest BCUT2D eigenvalue weighted by atomic mass is 19.4. The summed E-state index contributed by atoms with van der Waals surface area (Å²) in [4.78, 5) is 15.9. The summed E-state index contributed by atoms with van der Waals surface area (Å²) in [7, 11) is 1.89. The van der Waals surface area contributed by atoms with E-state index in [0.29, 0.717) is 26.2 Å². The number of hydrogen-bond acceptors (Lipinski definition) is 5. The number of carbonyl (C=O) groups is 1. The van der Waals surface area contributed by atoms with Crippen LogP contribution in [-0.2, 0) is 6.18 Å². The van der Waals surface area contributed by atoms with Crippen LogP contribution in [0.25, 0.3) is 0 Å². The molecular formula is C16H22F3N3O3. The lowest BCUT2D eigenvalue weighted by atomic mass is 10.0. The molecule has 25 heavy (non-hydrogen) atoms. The number of amides is 1. The number of aliphatic hydroxyl groups excluding tert-OH is 2. The Hall–Kier alpha value is -1.84. The van der Waals surface area contributed by atoms with E-state index in [9.17, 15) is 23.1 Å². The molecule has 1 saturated heterocycles. The summed E-state index contributed by atoms with van der Waals surface area (Å²) in [5, 5.41) is 20.7. The number of alkyl halides is 3. The molecule has 2 rings (SSSR count). The van der Waals surface area contributed by atoms with Gasteiger partial charge in [-0.25, -0.2) is 0 Å². The molecule has 0 saturated carbocycles. The van der Waals surface area contributed by atoms with Gasteiger partial charge in [0, 0.05) is 38.4 Å². The molecule has 3 N–H and O–H groups in total. The molecule has 0 aliphatic carbocycles. The lowest BCUT2D eigenvalue weighted by Gasteiger charge is -2.33. The minimum atomic E-state index is -4.68. The number of rotatable bonds is 5. The Balaban J connectivity index is 2.23. The Morgan fingerprint density at radius 1 is 1.28 bits per heavy atom. The van der Waals surface area contributed by atoms with Gasteiger partial charge >= 0.3 is 6.18 Å². The monoisotopic (exact) mass is 361 g/mol. The van der Waals surface area contributed by atoms with Crippen LogP contribution in [0, 0.1) is 0 Å². The Labute approximate surface area is 143 Å². The maximum atomic E-state index is 13.4. The number of halogens is 3. The molecule has 1 unspecified atom stereocenters. The van der Waals surface area contributed by atoms with Crippen molar-refractivity contribution in [3.63, 3.8) is 0 Å². The third-order valence-electron chi connectivity index (χ3n) is 4.10. The molecule has 0 bridgehead atoms. The first-order valence-electron chi connectivity index (χ1n) is 7.94. The van der Waals surface area contributed by atoms with Gasteiger partial charge in [0.1, 0.15) is 0 Å². The number of aliphatic hydroxyl groups is 2. The van der Waals surface area contributed by atoms with Gasteiger partial charge in [0.2, 0.25) is 0 Å². The molecular weight excluding hydrogens is 339 g/mol. The van der Waals surface area contributed by atoms with Gasteiger partial charge in [-0.2, -0.15) is 13.2 Å². The van der Waals surface area contributed by atoms with Crippen molar-refractivity contribution in [2.24, 2.45) is 0 Å². The first kappa shape index (κ1) is 19.5. The number of anilines is 1. The summed E-state index contributed by atoms with van der Waals surface area (Å²) in [6, 6.07) is 3.37. The second kappa shape index (κ2) is 8.03. The van der Waals surface area contributed by atoms with Crippen LogP contribution in [-0.4, -0.2) is 78.4 Å².